The average Bonchev–Trinajstić information content (AvgIpc) is 3.17. The molecule has 1 saturated heterocycles. The molecule has 0 saturated carbocycles. The van der Waals surface area contributed by atoms with Gasteiger partial charge in [0.25, 0.3) is 0 Å². The van der Waals surface area contributed by atoms with E-state index in [1.54, 1.807) is 0 Å². The van der Waals surface area contributed by atoms with Crippen molar-refractivity contribution in [2.75, 3.05) is 31.1 Å². The highest BCUT2D eigenvalue weighted by atomic mass is 35.5. The first-order chi connectivity index (χ1) is 13.0. The number of hydrogen-bond acceptors (Lipinski definition) is 5. The SMILES string of the molecule is CCCC(c1nnnn1C(C)(C)CC)N1CCN(c2ccc(F)cc2)CC1.Cl. The number of hydrogen-bond donors (Lipinski definition) is 0. The summed E-state index contributed by atoms with van der Waals surface area (Å²) in [5.74, 6) is 0.782. The number of nitrogens with zero attached hydrogens (tertiary/aromatic N) is 6. The summed E-state index contributed by atoms with van der Waals surface area (Å²) >= 11 is 0. The fourth-order valence-corrected chi connectivity index (χ4v) is 3.67. The minimum atomic E-state index is -0.189. The minimum Gasteiger partial charge on any atom is -0.369 e. The van der Waals surface area contributed by atoms with Crippen LogP contribution in [-0.2, 0) is 5.54 Å². The Kier molecular flexibility index (Phi) is 7.78. The van der Waals surface area contributed by atoms with Crippen LogP contribution in [0, 0.1) is 5.82 Å². The van der Waals surface area contributed by atoms with E-state index < -0.39 is 0 Å². The number of aromatic nitrogens is 4. The Balaban J connectivity index is 0.00000280. The molecule has 0 N–H and O–H groups in total. The Morgan fingerprint density at radius 1 is 1.07 bits per heavy atom. The van der Waals surface area contributed by atoms with Crippen LogP contribution in [0.15, 0.2) is 24.3 Å². The van der Waals surface area contributed by atoms with Crippen molar-refractivity contribution in [2.45, 2.75) is 58.5 Å². The Bertz CT molecular complexity index is 725. The highest BCUT2D eigenvalue weighted by molar-refractivity contribution is 5.85. The molecule has 0 radical (unpaired) electrons. The summed E-state index contributed by atoms with van der Waals surface area (Å²) in [4.78, 5) is 4.81. The molecule has 28 heavy (non-hydrogen) atoms. The van der Waals surface area contributed by atoms with Crippen molar-refractivity contribution in [3.8, 4) is 0 Å². The van der Waals surface area contributed by atoms with E-state index in [0.29, 0.717) is 0 Å². The standard InChI is InChI=1S/C20H31FN6.ClH/c1-5-7-18(19-22-23-24-27(19)20(3,4)6-2)26-14-12-25(13-15-26)17-10-8-16(21)9-11-17;/h8-11,18H,5-7,12-15H2,1-4H3;1H. The largest absolute Gasteiger partial charge is 0.369 e. The van der Waals surface area contributed by atoms with Gasteiger partial charge in [-0.2, -0.15) is 0 Å². The second kappa shape index (κ2) is 9.65. The van der Waals surface area contributed by atoms with Gasteiger partial charge in [-0.05, 0) is 61.4 Å². The van der Waals surface area contributed by atoms with Crippen molar-refractivity contribution in [2.24, 2.45) is 0 Å². The third kappa shape index (κ3) is 4.81. The topological polar surface area (TPSA) is 50.1 Å². The number of tetrazole rings is 1. The first-order valence-electron chi connectivity index (χ1n) is 9.99. The van der Waals surface area contributed by atoms with Gasteiger partial charge in [0, 0.05) is 31.9 Å². The van der Waals surface area contributed by atoms with Gasteiger partial charge in [-0.1, -0.05) is 20.3 Å². The fraction of sp³-hybridized carbons (Fsp3) is 0.650. The third-order valence-electron chi connectivity index (χ3n) is 5.74. The van der Waals surface area contributed by atoms with E-state index in [0.717, 1.165) is 57.0 Å². The van der Waals surface area contributed by atoms with Crippen LogP contribution in [-0.4, -0.2) is 51.3 Å². The second-order valence-corrected chi connectivity index (χ2v) is 7.92. The normalized spacial score (nSPS) is 16.7. The molecule has 6 nitrogen and oxygen atoms in total. The van der Waals surface area contributed by atoms with Gasteiger partial charge in [0.2, 0.25) is 0 Å². The maximum atomic E-state index is 13.2. The van der Waals surface area contributed by atoms with Gasteiger partial charge in [-0.15, -0.1) is 17.5 Å². The second-order valence-electron chi connectivity index (χ2n) is 7.92. The summed E-state index contributed by atoms with van der Waals surface area (Å²) < 4.78 is 15.2. The fourth-order valence-electron chi connectivity index (χ4n) is 3.67. The summed E-state index contributed by atoms with van der Waals surface area (Å²) in [7, 11) is 0. The van der Waals surface area contributed by atoms with Crippen LogP contribution in [0.4, 0.5) is 10.1 Å². The number of benzene rings is 1. The van der Waals surface area contributed by atoms with Crippen LogP contribution >= 0.6 is 12.4 Å². The van der Waals surface area contributed by atoms with Gasteiger partial charge in [-0.3, -0.25) is 4.90 Å². The van der Waals surface area contributed by atoms with Crippen molar-refractivity contribution >= 4 is 18.1 Å². The van der Waals surface area contributed by atoms with Crippen molar-refractivity contribution < 1.29 is 4.39 Å². The predicted octanol–water partition coefficient (Wildman–Crippen LogP) is 4.04. The lowest BCUT2D eigenvalue weighted by Gasteiger charge is -2.40. The molecule has 1 aliphatic heterocycles. The maximum absolute atomic E-state index is 13.2. The van der Waals surface area contributed by atoms with Crippen LogP contribution in [0.25, 0.3) is 0 Å². The van der Waals surface area contributed by atoms with Crippen molar-refractivity contribution in [3.63, 3.8) is 0 Å². The molecule has 1 aliphatic rings. The van der Waals surface area contributed by atoms with Crippen LogP contribution in [0.3, 0.4) is 0 Å². The smallest absolute Gasteiger partial charge is 0.168 e. The van der Waals surface area contributed by atoms with Crippen LogP contribution in [0.5, 0.6) is 0 Å². The molecule has 156 valence electrons. The highest BCUT2D eigenvalue weighted by Crippen LogP contribution is 2.30. The summed E-state index contributed by atoms with van der Waals surface area (Å²) in [5, 5.41) is 12.7. The average molecular weight is 411 g/mol. The number of piperazine rings is 1. The van der Waals surface area contributed by atoms with E-state index in [-0.39, 0.29) is 29.8 Å². The molecule has 2 aromatic rings. The molecule has 1 aromatic heterocycles. The Hall–Kier alpha value is -1.73. The van der Waals surface area contributed by atoms with E-state index >= 15 is 0 Å². The van der Waals surface area contributed by atoms with E-state index in [9.17, 15) is 4.39 Å². The van der Waals surface area contributed by atoms with E-state index in [1.807, 2.05) is 16.8 Å². The number of anilines is 1. The molecule has 0 amide bonds. The van der Waals surface area contributed by atoms with Crippen molar-refractivity contribution in [1.29, 1.82) is 0 Å². The molecule has 0 spiro atoms. The summed E-state index contributed by atoms with van der Waals surface area (Å²) in [6.07, 6.45) is 3.10. The molecular weight excluding hydrogens is 379 g/mol. The molecule has 0 bridgehead atoms. The van der Waals surface area contributed by atoms with Gasteiger partial charge in [0.05, 0.1) is 11.6 Å². The Morgan fingerprint density at radius 3 is 2.29 bits per heavy atom. The number of halogens is 2. The lowest BCUT2D eigenvalue weighted by Crippen LogP contribution is -2.48. The van der Waals surface area contributed by atoms with Gasteiger partial charge < -0.3 is 4.90 Å². The minimum absolute atomic E-state index is 0. The zero-order valence-electron chi connectivity index (χ0n) is 17.3. The quantitative estimate of drug-likeness (QED) is 0.689. The summed E-state index contributed by atoms with van der Waals surface area (Å²) in [6, 6.07) is 7.01. The summed E-state index contributed by atoms with van der Waals surface area (Å²) in [6.45, 7) is 12.5. The zero-order valence-corrected chi connectivity index (χ0v) is 18.1. The monoisotopic (exact) mass is 410 g/mol. The molecule has 8 heteroatoms. The van der Waals surface area contributed by atoms with E-state index in [1.165, 1.54) is 12.1 Å². The van der Waals surface area contributed by atoms with E-state index in [2.05, 4.69) is 53.0 Å². The zero-order chi connectivity index (χ0) is 19.4. The van der Waals surface area contributed by atoms with Gasteiger partial charge in [0.15, 0.2) is 5.82 Å². The lowest BCUT2D eigenvalue weighted by atomic mass is 10.0. The Labute approximate surface area is 173 Å². The molecule has 1 unspecified atom stereocenters. The predicted molar refractivity (Wildman–Crippen MR) is 113 cm³/mol. The first kappa shape index (κ1) is 22.6. The van der Waals surface area contributed by atoms with Gasteiger partial charge >= 0.3 is 0 Å². The molecule has 2 heterocycles. The molecule has 3 rings (SSSR count). The van der Waals surface area contributed by atoms with Gasteiger partial charge in [0.1, 0.15) is 5.82 Å². The van der Waals surface area contributed by atoms with Crippen LogP contribution in [0.2, 0.25) is 0 Å². The number of rotatable bonds is 7. The van der Waals surface area contributed by atoms with Crippen LogP contribution < -0.4 is 4.90 Å². The molecule has 1 fully saturated rings. The van der Waals surface area contributed by atoms with Gasteiger partial charge in [-0.25, -0.2) is 9.07 Å². The third-order valence-corrected chi connectivity index (χ3v) is 5.74. The van der Waals surface area contributed by atoms with Crippen molar-refractivity contribution in [1.82, 2.24) is 25.1 Å². The lowest BCUT2D eigenvalue weighted by molar-refractivity contribution is 0.154. The Morgan fingerprint density at radius 2 is 1.71 bits per heavy atom. The van der Waals surface area contributed by atoms with E-state index in [4.69, 9.17) is 0 Å². The van der Waals surface area contributed by atoms with Crippen LogP contribution in [0.1, 0.15) is 58.8 Å². The summed E-state index contributed by atoms with van der Waals surface area (Å²) in [5.41, 5.74) is 0.987. The van der Waals surface area contributed by atoms with Crippen molar-refractivity contribution in [3.05, 3.63) is 35.9 Å². The molecular formula is C20H32ClFN6. The molecule has 1 aromatic carbocycles. The molecule has 1 atom stereocenters. The molecule has 0 aliphatic carbocycles. The maximum Gasteiger partial charge on any atom is 0.168 e. The first-order valence-corrected chi connectivity index (χ1v) is 9.99. The highest BCUT2D eigenvalue weighted by Gasteiger charge is 2.32.